The molecule has 8 rings (SSSR count). The molecule has 6 aromatic rings. The van der Waals surface area contributed by atoms with Gasteiger partial charge in [0.15, 0.2) is 19.7 Å². The smallest absolute Gasteiger partial charge is 0.199 e. The van der Waals surface area contributed by atoms with Gasteiger partial charge in [0.2, 0.25) is 0 Å². The van der Waals surface area contributed by atoms with E-state index in [1.54, 1.807) is 60.7 Å². The number of hydrogen-bond acceptors (Lipinski definition) is 6. The molecule has 0 bridgehead atoms. The summed E-state index contributed by atoms with van der Waals surface area (Å²) in [4.78, 5) is 8.87. The fraction of sp³-hybridized carbons (Fsp3) is 0.318. The van der Waals surface area contributed by atoms with Crippen molar-refractivity contribution in [1.29, 1.82) is 0 Å². The van der Waals surface area contributed by atoms with Crippen LogP contribution in [0, 0.1) is 0 Å². The van der Waals surface area contributed by atoms with Gasteiger partial charge in [0, 0.05) is 51.7 Å². The number of aromatic nitrogens is 2. The van der Waals surface area contributed by atoms with Gasteiger partial charge in [-0.1, -0.05) is 48.5 Å². The molecular formula is C44H48N4O4S2. The van der Waals surface area contributed by atoms with E-state index in [-0.39, 0.29) is 10.6 Å². The third kappa shape index (κ3) is 7.45. The maximum absolute atomic E-state index is 14.3. The Labute approximate surface area is 319 Å². The van der Waals surface area contributed by atoms with Crippen LogP contribution >= 0.6 is 0 Å². The van der Waals surface area contributed by atoms with Crippen LogP contribution < -0.4 is 0 Å². The molecule has 2 fully saturated rings. The zero-order valence-electron chi connectivity index (χ0n) is 30.9. The molecule has 54 heavy (non-hydrogen) atoms. The summed E-state index contributed by atoms with van der Waals surface area (Å²) in [5, 5.41) is 3.41. The summed E-state index contributed by atoms with van der Waals surface area (Å²) in [5.41, 5.74) is 6.04. The molecule has 2 saturated heterocycles. The summed E-state index contributed by atoms with van der Waals surface area (Å²) < 4.78 is 57.0. The average Bonchev–Trinajstić information content (AvgIpc) is 3.98. The van der Waals surface area contributed by atoms with Crippen LogP contribution in [0.2, 0.25) is 0 Å². The van der Waals surface area contributed by atoms with E-state index in [1.807, 2.05) is 18.2 Å². The molecule has 280 valence electrons. The van der Waals surface area contributed by atoms with Crippen molar-refractivity contribution >= 4 is 47.6 Å². The molecule has 0 amide bonds. The quantitative estimate of drug-likeness (QED) is 0.136. The summed E-state index contributed by atoms with van der Waals surface area (Å²) in [5.74, 6) is -0.114. The fourth-order valence-electron chi connectivity index (χ4n) is 8.55. The third-order valence-electron chi connectivity index (χ3n) is 11.7. The van der Waals surface area contributed by atoms with Gasteiger partial charge < -0.3 is 19.4 Å². The molecule has 4 aromatic carbocycles. The molecule has 3 atom stereocenters. The van der Waals surface area contributed by atoms with Crippen molar-refractivity contribution < 1.29 is 16.8 Å². The Kier molecular flexibility index (Phi) is 10.1. The molecule has 2 aliphatic heterocycles. The molecule has 1 N–H and O–H groups in total. The van der Waals surface area contributed by atoms with E-state index in [4.69, 9.17) is 0 Å². The summed E-state index contributed by atoms with van der Waals surface area (Å²) in [6.45, 7) is 2.15. The van der Waals surface area contributed by atoms with Gasteiger partial charge in [-0.2, -0.15) is 0 Å². The average molecular weight is 761 g/mol. The highest BCUT2D eigenvalue weighted by atomic mass is 32.2. The minimum absolute atomic E-state index is 0.114. The van der Waals surface area contributed by atoms with Crippen molar-refractivity contribution in [3.8, 4) is 0 Å². The van der Waals surface area contributed by atoms with Crippen LogP contribution in [-0.4, -0.2) is 81.2 Å². The number of nitrogens with zero attached hydrogens (tertiary/aromatic N) is 3. The third-order valence-corrected chi connectivity index (χ3v) is 14.9. The number of nitrogens with one attached hydrogen (secondary N) is 1. The first-order valence-corrected chi connectivity index (χ1v) is 22.2. The summed E-state index contributed by atoms with van der Waals surface area (Å²) in [6.07, 6.45) is 12.3. The van der Waals surface area contributed by atoms with Crippen LogP contribution in [0.3, 0.4) is 0 Å². The van der Waals surface area contributed by atoms with Crippen molar-refractivity contribution in [3.63, 3.8) is 0 Å². The van der Waals surface area contributed by atoms with Gasteiger partial charge in [0.05, 0.1) is 21.6 Å². The van der Waals surface area contributed by atoms with Crippen molar-refractivity contribution in [2.75, 3.05) is 32.9 Å². The lowest BCUT2D eigenvalue weighted by Gasteiger charge is -2.22. The molecule has 0 saturated carbocycles. The monoisotopic (exact) mass is 760 g/mol. The number of hydrogen-bond donors (Lipinski definition) is 1. The van der Waals surface area contributed by atoms with E-state index < -0.39 is 25.7 Å². The fourth-order valence-corrected chi connectivity index (χ4v) is 11.1. The normalized spacial score (nSPS) is 19.4. The van der Waals surface area contributed by atoms with Crippen LogP contribution in [0.25, 0.3) is 27.9 Å². The first-order valence-electron chi connectivity index (χ1n) is 19.0. The second kappa shape index (κ2) is 15.0. The Morgan fingerprint density at radius 1 is 0.741 bits per heavy atom. The zero-order valence-corrected chi connectivity index (χ0v) is 32.6. The van der Waals surface area contributed by atoms with Crippen LogP contribution in [0.1, 0.15) is 54.0 Å². The van der Waals surface area contributed by atoms with Gasteiger partial charge in [0.1, 0.15) is 0 Å². The van der Waals surface area contributed by atoms with E-state index in [0.29, 0.717) is 17.0 Å². The van der Waals surface area contributed by atoms with Gasteiger partial charge in [-0.3, -0.25) is 0 Å². The maximum atomic E-state index is 14.3. The Balaban J connectivity index is 1.25. The van der Waals surface area contributed by atoms with E-state index in [9.17, 15) is 16.8 Å². The number of sulfone groups is 2. The standard InChI is InChI=1S/C44H48N4O4S2/c1-46-22-9-11-36(46)26-34-29-45-42-19-18-33(28-40(34)42)44(31-54(51,52)39-15-7-4-8-16-39)48-30-35(27-37-12-10-23-47(37)2)41-25-32(17-20-43(41)48)21-24-53(49,50)38-13-5-3-6-14-38/h3-8,13-21,24-25,28-30,36-37,44-45H,9-12,22-23,26-27,31H2,1-2H3/b24-21+. The van der Waals surface area contributed by atoms with E-state index in [2.05, 4.69) is 70.1 Å². The van der Waals surface area contributed by atoms with E-state index in [0.717, 1.165) is 77.3 Å². The van der Waals surface area contributed by atoms with E-state index >= 15 is 0 Å². The lowest BCUT2D eigenvalue weighted by molar-refractivity contribution is 0.309. The summed E-state index contributed by atoms with van der Waals surface area (Å²) in [7, 11) is -2.97. The Bertz CT molecular complexity index is 2530. The number of aromatic amines is 1. The number of likely N-dealkylation sites (tertiary alicyclic amines) is 2. The van der Waals surface area contributed by atoms with Crippen LogP contribution in [0.15, 0.2) is 125 Å². The summed E-state index contributed by atoms with van der Waals surface area (Å²) in [6, 6.07) is 29.9. The van der Waals surface area contributed by atoms with Gasteiger partial charge >= 0.3 is 0 Å². The zero-order chi connectivity index (χ0) is 37.5. The van der Waals surface area contributed by atoms with Crippen LogP contribution in [0.4, 0.5) is 0 Å². The molecule has 2 aromatic heterocycles. The molecule has 0 aliphatic carbocycles. The molecule has 0 radical (unpaired) electrons. The highest BCUT2D eigenvalue weighted by Crippen LogP contribution is 2.36. The van der Waals surface area contributed by atoms with E-state index in [1.165, 1.54) is 23.8 Å². The summed E-state index contributed by atoms with van der Waals surface area (Å²) >= 11 is 0. The number of benzene rings is 4. The van der Waals surface area contributed by atoms with Gasteiger partial charge in [0.25, 0.3) is 0 Å². The Hall–Kier alpha value is -4.48. The van der Waals surface area contributed by atoms with Gasteiger partial charge in [-0.15, -0.1) is 0 Å². The highest BCUT2D eigenvalue weighted by Gasteiger charge is 2.29. The topological polar surface area (TPSA) is 95.5 Å². The minimum Gasteiger partial charge on any atom is -0.361 e. The molecule has 8 nitrogen and oxygen atoms in total. The predicted molar refractivity (Wildman–Crippen MR) is 218 cm³/mol. The Morgan fingerprint density at radius 2 is 1.39 bits per heavy atom. The predicted octanol–water partition coefficient (Wildman–Crippen LogP) is 7.90. The molecule has 10 heteroatoms. The molecular weight excluding hydrogens is 713 g/mol. The van der Waals surface area contributed by atoms with Crippen molar-refractivity contribution in [1.82, 2.24) is 19.4 Å². The maximum Gasteiger partial charge on any atom is 0.199 e. The van der Waals surface area contributed by atoms with Crippen molar-refractivity contribution in [3.05, 3.63) is 137 Å². The van der Waals surface area contributed by atoms with Crippen LogP contribution in [0.5, 0.6) is 0 Å². The Morgan fingerprint density at radius 3 is 2.04 bits per heavy atom. The van der Waals surface area contributed by atoms with Crippen LogP contribution in [-0.2, 0) is 32.5 Å². The number of likely N-dealkylation sites (N-methyl/N-ethyl adjacent to an activating group) is 2. The lowest BCUT2D eigenvalue weighted by atomic mass is 10.00. The number of fused-ring (bicyclic) bond motifs is 2. The van der Waals surface area contributed by atoms with Crippen molar-refractivity contribution in [2.24, 2.45) is 0 Å². The highest BCUT2D eigenvalue weighted by molar-refractivity contribution is 7.94. The second-order valence-electron chi connectivity index (χ2n) is 15.2. The second-order valence-corrected chi connectivity index (χ2v) is 19.1. The molecule has 0 spiro atoms. The van der Waals surface area contributed by atoms with Crippen molar-refractivity contribution in [2.45, 2.75) is 66.4 Å². The van der Waals surface area contributed by atoms with Gasteiger partial charge in [-0.05, 0) is 143 Å². The largest absolute Gasteiger partial charge is 0.361 e. The lowest BCUT2D eigenvalue weighted by Crippen LogP contribution is -2.26. The molecule has 2 aliphatic rings. The number of rotatable bonds is 12. The SMILES string of the molecule is CN1CCCC1Cc1c[nH]c2ccc(C(CS(=O)(=O)c3ccccc3)n3cc(CC4CCCN4C)c4cc(/C=C/S(=O)(=O)c5ccccc5)ccc43)cc12. The molecule has 4 heterocycles. The molecule has 3 unspecified atom stereocenters. The van der Waals surface area contributed by atoms with Gasteiger partial charge in [-0.25, -0.2) is 16.8 Å². The first-order chi connectivity index (χ1) is 26.1. The number of H-pyrrole nitrogens is 1. The first kappa shape index (κ1) is 36.5. The minimum atomic E-state index is -3.70.